The molecule has 7 heteroatoms. The molecule has 0 spiro atoms. The van der Waals surface area contributed by atoms with E-state index >= 15 is 0 Å². The number of aromatic amines is 1. The molecule has 2 N–H and O–H groups in total. The number of hydrogen-bond donors (Lipinski definition) is 2. The number of thioether (sulfide) groups is 1. The van der Waals surface area contributed by atoms with E-state index in [0.29, 0.717) is 21.9 Å². The van der Waals surface area contributed by atoms with Crippen molar-refractivity contribution in [3.8, 4) is 5.69 Å². The first-order chi connectivity index (χ1) is 17.2. The minimum absolute atomic E-state index is 0.107. The zero-order valence-corrected chi connectivity index (χ0v) is 19.4. The Bertz CT molecular complexity index is 1770. The molecular weight excluding hydrogens is 456 g/mol. The Morgan fingerprint density at radius 3 is 2.43 bits per heavy atom. The molecule has 2 aromatic heterocycles. The normalized spacial score (nSPS) is 11.3. The number of carbonyl (C=O) groups excluding carboxylic acids is 1. The summed E-state index contributed by atoms with van der Waals surface area (Å²) in [7, 11) is 0. The molecule has 0 fully saturated rings. The van der Waals surface area contributed by atoms with Crippen molar-refractivity contribution in [2.24, 2.45) is 0 Å². The van der Waals surface area contributed by atoms with Gasteiger partial charge in [-0.25, -0.2) is 4.98 Å². The lowest BCUT2D eigenvalue weighted by Crippen LogP contribution is -2.23. The molecule has 0 bridgehead atoms. The predicted molar refractivity (Wildman–Crippen MR) is 142 cm³/mol. The molecule has 6 aromatic rings. The molecule has 0 atom stereocenters. The molecule has 6 rings (SSSR count). The maximum Gasteiger partial charge on any atom is 0.283 e. The van der Waals surface area contributed by atoms with Gasteiger partial charge < -0.3 is 10.3 Å². The molecule has 35 heavy (non-hydrogen) atoms. The molecule has 4 aromatic carbocycles. The van der Waals surface area contributed by atoms with Crippen LogP contribution in [-0.2, 0) is 4.79 Å². The van der Waals surface area contributed by atoms with E-state index < -0.39 is 0 Å². The second kappa shape index (κ2) is 8.77. The summed E-state index contributed by atoms with van der Waals surface area (Å²) < 4.78 is 1.56. The SMILES string of the molecule is O=C(CSc1nc2c([nH]c3ccccc32)c(=O)n1-c1ccccc1)Nc1cccc2ccccc12. The van der Waals surface area contributed by atoms with E-state index in [1.807, 2.05) is 97.1 Å². The van der Waals surface area contributed by atoms with Crippen molar-refractivity contribution in [1.82, 2.24) is 14.5 Å². The molecule has 0 aliphatic carbocycles. The highest BCUT2D eigenvalue weighted by molar-refractivity contribution is 7.99. The first-order valence-electron chi connectivity index (χ1n) is 11.2. The summed E-state index contributed by atoms with van der Waals surface area (Å²) in [4.78, 5) is 34.6. The molecule has 2 heterocycles. The van der Waals surface area contributed by atoms with Gasteiger partial charge in [-0.15, -0.1) is 0 Å². The summed E-state index contributed by atoms with van der Waals surface area (Å²) >= 11 is 1.24. The first-order valence-corrected chi connectivity index (χ1v) is 12.2. The number of aromatic nitrogens is 3. The van der Waals surface area contributed by atoms with E-state index in [-0.39, 0.29) is 17.2 Å². The highest BCUT2D eigenvalue weighted by atomic mass is 32.2. The second-order valence-corrected chi connectivity index (χ2v) is 9.07. The van der Waals surface area contributed by atoms with Gasteiger partial charge in [0.05, 0.1) is 11.4 Å². The molecule has 0 aliphatic heterocycles. The number of H-pyrrole nitrogens is 1. The fourth-order valence-corrected chi connectivity index (χ4v) is 5.10. The molecule has 0 unspecified atom stereocenters. The van der Waals surface area contributed by atoms with Crippen molar-refractivity contribution >= 4 is 56.1 Å². The van der Waals surface area contributed by atoms with Crippen LogP contribution in [0.2, 0.25) is 0 Å². The van der Waals surface area contributed by atoms with Crippen LogP contribution < -0.4 is 10.9 Å². The van der Waals surface area contributed by atoms with Crippen LogP contribution in [0.3, 0.4) is 0 Å². The van der Waals surface area contributed by atoms with Crippen molar-refractivity contribution in [3.05, 3.63) is 107 Å². The van der Waals surface area contributed by atoms with E-state index in [2.05, 4.69) is 10.3 Å². The number of hydrogen-bond acceptors (Lipinski definition) is 4. The Morgan fingerprint density at radius 2 is 1.57 bits per heavy atom. The summed E-state index contributed by atoms with van der Waals surface area (Å²) in [6.07, 6.45) is 0. The topological polar surface area (TPSA) is 79.8 Å². The van der Waals surface area contributed by atoms with Gasteiger partial charge in [0, 0.05) is 22.0 Å². The number of para-hydroxylation sites is 2. The summed E-state index contributed by atoms with van der Waals surface area (Å²) in [6, 6.07) is 30.8. The molecule has 170 valence electrons. The van der Waals surface area contributed by atoms with Crippen molar-refractivity contribution in [3.63, 3.8) is 0 Å². The van der Waals surface area contributed by atoms with Gasteiger partial charge >= 0.3 is 0 Å². The number of anilines is 1. The molecule has 0 radical (unpaired) electrons. The fraction of sp³-hybridized carbons (Fsp3) is 0.0357. The van der Waals surface area contributed by atoms with Crippen LogP contribution in [0, 0.1) is 0 Å². The Hall–Kier alpha value is -4.36. The third kappa shape index (κ3) is 3.86. The fourth-order valence-electron chi connectivity index (χ4n) is 4.29. The van der Waals surface area contributed by atoms with Crippen molar-refractivity contribution in [1.29, 1.82) is 0 Å². The molecule has 0 saturated carbocycles. The summed E-state index contributed by atoms with van der Waals surface area (Å²) in [6.45, 7) is 0. The average molecular weight is 477 g/mol. The molecule has 1 amide bonds. The zero-order chi connectivity index (χ0) is 23.8. The number of carbonyl (C=O) groups is 1. The zero-order valence-electron chi connectivity index (χ0n) is 18.6. The Labute approximate surface area is 204 Å². The van der Waals surface area contributed by atoms with E-state index in [1.165, 1.54) is 11.8 Å². The van der Waals surface area contributed by atoms with Crippen molar-refractivity contribution in [2.75, 3.05) is 11.1 Å². The van der Waals surface area contributed by atoms with Crippen LogP contribution in [0.25, 0.3) is 38.4 Å². The number of rotatable bonds is 5. The Morgan fingerprint density at radius 1 is 0.857 bits per heavy atom. The lowest BCUT2D eigenvalue weighted by molar-refractivity contribution is -0.113. The average Bonchev–Trinajstić information content (AvgIpc) is 3.27. The number of fused-ring (bicyclic) bond motifs is 4. The molecule has 0 saturated heterocycles. The Balaban J connectivity index is 1.38. The third-order valence-electron chi connectivity index (χ3n) is 5.90. The van der Waals surface area contributed by atoms with Crippen LogP contribution in [0.1, 0.15) is 0 Å². The van der Waals surface area contributed by atoms with Crippen LogP contribution in [0.4, 0.5) is 5.69 Å². The standard InChI is InChI=1S/C28H20N4O2S/c33-24(29-22-16-8-10-18-9-4-5-13-20(18)22)17-35-28-31-25-21-14-6-7-15-23(21)30-26(25)27(34)32(28)19-11-2-1-3-12-19/h1-16,30H,17H2,(H,29,33). The number of amides is 1. The molecule has 6 nitrogen and oxygen atoms in total. The van der Waals surface area contributed by atoms with E-state index in [9.17, 15) is 9.59 Å². The van der Waals surface area contributed by atoms with Crippen LogP contribution in [-0.4, -0.2) is 26.2 Å². The predicted octanol–water partition coefficient (Wildman–Crippen LogP) is 5.75. The van der Waals surface area contributed by atoms with Gasteiger partial charge in [-0.2, -0.15) is 0 Å². The number of benzene rings is 4. The highest BCUT2D eigenvalue weighted by Gasteiger charge is 2.18. The van der Waals surface area contributed by atoms with Crippen molar-refractivity contribution in [2.45, 2.75) is 5.16 Å². The van der Waals surface area contributed by atoms with Gasteiger partial charge in [0.2, 0.25) is 5.91 Å². The van der Waals surface area contributed by atoms with Gasteiger partial charge in [-0.1, -0.05) is 84.6 Å². The lowest BCUT2D eigenvalue weighted by Gasteiger charge is -2.12. The minimum atomic E-state index is -0.200. The smallest absolute Gasteiger partial charge is 0.283 e. The minimum Gasteiger partial charge on any atom is -0.349 e. The summed E-state index contributed by atoms with van der Waals surface area (Å²) in [5.41, 5.74) is 3.16. The van der Waals surface area contributed by atoms with E-state index in [0.717, 1.165) is 27.4 Å². The van der Waals surface area contributed by atoms with Gasteiger partial charge in [0.1, 0.15) is 11.0 Å². The maximum absolute atomic E-state index is 13.6. The lowest BCUT2D eigenvalue weighted by atomic mass is 10.1. The van der Waals surface area contributed by atoms with E-state index in [1.54, 1.807) is 4.57 Å². The van der Waals surface area contributed by atoms with Crippen LogP contribution in [0.15, 0.2) is 107 Å². The third-order valence-corrected chi connectivity index (χ3v) is 6.84. The van der Waals surface area contributed by atoms with Gasteiger partial charge in [0.25, 0.3) is 5.56 Å². The summed E-state index contributed by atoms with van der Waals surface area (Å²) in [5, 5.41) is 6.39. The highest BCUT2D eigenvalue weighted by Crippen LogP contribution is 2.27. The van der Waals surface area contributed by atoms with Crippen LogP contribution >= 0.6 is 11.8 Å². The van der Waals surface area contributed by atoms with Crippen LogP contribution in [0.5, 0.6) is 0 Å². The Kier molecular flexibility index (Phi) is 5.31. The second-order valence-electron chi connectivity index (χ2n) is 8.13. The molecule has 0 aliphatic rings. The van der Waals surface area contributed by atoms with Gasteiger partial charge in [-0.05, 0) is 29.7 Å². The van der Waals surface area contributed by atoms with Gasteiger partial charge in [0.15, 0.2) is 5.16 Å². The summed E-state index contributed by atoms with van der Waals surface area (Å²) in [5.74, 6) is -0.0599. The molecular formula is C28H20N4O2S. The van der Waals surface area contributed by atoms with Gasteiger partial charge in [-0.3, -0.25) is 14.2 Å². The number of nitrogens with one attached hydrogen (secondary N) is 2. The van der Waals surface area contributed by atoms with E-state index in [4.69, 9.17) is 4.98 Å². The maximum atomic E-state index is 13.6. The monoisotopic (exact) mass is 476 g/mol. The largest absolute Gasteiger partial charge is 0.349 e. The number of nitrogens with zero attached hydrogens (tertiary/aromatic N) is 2. The quantitative estimate of drug-likeness (QED) is 0.245. The van der Waals surface area contributed by atoms with Crippen molar-refractivity contribution < 1.29 is 4.79 Å². The first kappa shape index (κ1) is 21.2.